The number of hydrazone groups is 1. The number of amides is 1. The molecule has 0 aliphatic heterocycles. The molecule has 0 spiro atoms. The fourth-order valence-electron chi connectivity index (χ4n) is 3.46. The first kappa shape index (κ1) is 16.9. The van der Waals surface area contributed by atoms with Crippen molar-refractivity contribution in [2.75, 3.05) is 0 Å². The van der Waals surface area contributed by atoms with Crippen molar-refractivity contribution < 1.29 is 9.21 Å². The Morgan fingerprint density at radius 2 is 2.08 bits per heavy atom. The number of rotatable bonds is 4. The van der Waals surface area contributed by atoms with Crippen LogP contribution < -0.4 is 5.43 Å². The van der Waals surface area contributed by atoms with Crippen LogP contribution in [0.15, 0.2) is 52.2 Å². The van der Waals surface area contributed by atoms with Crippen LogP contribution in [0.4, 0.5) is 0 Å². The SMILES string of the molecule is O=C(N/N=C\c1ccn(C2CCCCC2)c1)c1cc2cc(Cl)ccc2o1. The van der Waals surface area contributed by atoms with E-state index in [0.29, 0.717) is 16.6 Å². The first-order valence-corrected chi connectivity index (χ1v) is 9.27. The zero-order valence-corrected chi connectivity index (χ0v) is 15.1. The van der Waals surface area contributed by atoms with Crippen molar-refractivity contribution in [2.24, 2.45) is 5.10 Å². The largest absolute Gasteiger partial charge is 0.451 e. The van der Waals surface area contributed by atoms with Gasteiger partial charge in [-0.15, -0.1) is 0 Å². The molecule has 2 aromatic heterocycles. The Morgan fingerprint density at radius 3 is 2.92 bits per heavy atom. The van der Waals surface area contributed by atoms with Gasteiger partial charge in [0.2, 0.25) is 0 Å². The minimum atomic E-state index is -0.389. The molecule has 0 unspecified atom stereocenters. The predicted octanol–water partition coefficient (Wildman–Crippen LogP) is 5.16. The molecule has 1 aromatic carbocycles. The molecular weight excluding hydrogens is 350 g/mol. The average Bonchev–Trinajstić information content (AvgIpc) is 3.29. The van der Waals surface area contributed by atoms with Crippen LogP contribution in [-0.4, -0.2) is 16.7 Å². The number of halogens is 1. The fourth-order valence-corrected chi connectivity index (χ4v) is 3.64. The summed E-state index contributed by atoms with van der Waals surface area (Å²) in [5.74, 6) is -0.181. The highest BCUT2D eigenvalue weighted by molar-refractivity contribution is 6.31. The van der Waals surface area contributed by atoms with Crippen molar-refractivity contribution >= 4 is 34.7 Å². The molecule has 0 atom stereocenters. The van der Waals surface area contributed by atoms with Gasteiger partial charge in [-0.1, -0.05) is 30.9 Å². The number of hydrogen-bond acceptors (Lipinski definition) is 3. The third-order valence-corrected chi connectivity index (χ3v) is 5.05. The molecule has 4 rings (SSSR count). The number of furan rings is 1. The molecule has 26 heavy (non-hydrogen) atoms. The summed E-state index contributed by atoms with van der Waals surface area (Å²) < 4.78 is 7.78. The lowest BCUT2D eigenvalue weighted by Crippen LogP contribution is -2.16. The minimum Gasteiger partial charge on any atom is -0.451 e. The zero-order chi connectivity index (χ0) is 17.9. The first-order chi connectivity index (χ1) is 12.7. The third-order valence-electron chi connectivity index (χ3n) is 4.82. The molecule has 0 radical (unpaired) electrons. The Bertz CT molecular complexity index is 951. The highest BCUT2D eigenvalue weighted by atomic mass is 35.5. The summed E-state index contributed by atoms with van der Waals surface area (Å²) in [5, 5.41) is 5.43. The smallest absolute Gasteiger partial charge is 0.307 e. The van der Waals surface area contributed by atoms with E-state index in [1.54, 1.807) is 30.5 Å². The van der Waals surface area contributed by atoms with Crippen LogP contribution in [0.5, 0.6) is 0 Å². The Balaban J connectivity index is 1.39. The second-order valence-electron chi connectivity index (χ2n) is 6.68. The minimum absolute atomic E-state index is 0.208. The maximum atomic E-state index is 12.2. The summed E-state index contributed by atoms with van der Waals surface area (Å²) in [6.45, 7) is 0. The highest BCUT2D eigenvalue weighted by Crippen LogP contribution is 2.28. The number of aromatic nitrogens is 1. The molecule has 2 heterocycles. The van der Waals surface area contributed by atoms with Crippen molar-refractivity contribution in [3.05, 3.63) is 59.1 Å². The van der Waals surface area contributed by atoms with E-state index in [4.69, 9.17) is 16.0 Å². The van der Waals surface area contributed by atoms with Gasteiger partial charge in [0.1, 0.15) is 5.58 Å². The molecule has 1 fully saturated rings. The van der Waals surface area contributed by atoms with Crippen LogP contribution in [-0.2, 0) is 0 Å². The molecule has 5 nitrogen and oxygen atoms in total. The van der Waals surface area contributed by atoms with Gasteiger partial charge in [0, 0.05) is 34.4 Å². The van der Waals surface area contributed by atoms with Crippen LogP contribution >= 0.6 is 11.6 Å². The average molecular weight is 370 g/mol. The molecule has 0 bridgehead atoms. The maximum absolute atomic E-state index is 12.2. The summed E-state index contributed by atoms with van der Waals surface area (Å²) in [4.78, 5) is 12.2. The lowest BCUT2D eigenvalue weighted by atomic mass is 9.95. The van der Waals surface area contributed by atoms with Gasteiger partial charge in [-0.25, -0.2) is 5.43 Å². The van der Waals surface area contributed by atoms with E-state index in [9.17, 15) is 4.79 Å². The number of carbonyl (C=O) groups is 1. The quantitative estimate of drug-likeness (QED) is 0.510. The van der Waals surface area contributed by atoms with Crippen molar-refractivity contribution in [1.82, 2.24) is 9.99 Å². The molecule has 1 N–H and O–H groups in total. The molecule has 6 heteroatoms. The Labute approximate surface area is 156 Å². The van der Waals surface area contributed by atoms with Gasteiger partial charge < -0.3 is 8.98 Å². The number of carbonyl (C=O) groups excluding carboxylic acids is 1. The Hall–Kier alpha value is -2.53. The second-order valence-corrected chi connectivity index (χ2v) is 7.11. The molecule has 3 aromatic rings. The van der Waals surface area contributed by atoms with Gasteiger partial charge in [-0.05, 0) is 43.2 Å². The molecule has 134 valence electrons. The monoisotopic (exact) mass is 369 g/mol. The molecule has 1 amide bonds. The van der Waals surface area contributed by atoms with Gasteiger partial charge in [0.15, 0.2) is 5.76 Å². The van der Waals surface area contributed by atoms with Crippen LogP contribution in [0.25, 0.3) is 11.0 Å². The normalized spacial score (nSPS) is 15.7. The molecule has 1 saturated carbocycles. The second kappa shape index (κ2) is 7.38. The van der Waals surface area contributed by atoms with Gasteiger partial charge in [0.05, 0.1) is 6.21 Å². The summed E-state index contributed by atoms with van der Waals surface area (Å²) in [7, 11) is 0. The Kier molecular flexibility index (Phi) is 4.80. The number of fused-ring (bicyclic) bond motifs is 1. The molecular formula is C20H20ClN3O2. The van der Waals surface area contributed by atoms with E-state index < -0.39 is 0 Å². The summed E-state index contributed by atoms with van der Waals surface area (Å²) in [5.41, 5.74) is 4.09. The van der Waals surface area contributed by atoms with E-state index in [2.05, 4.69) is 27.5 Å². The molecule has 0 saturated heterocycles. The van der Waals surface area contributed by atoms with E-state index >= 15 is 0 Å². The molecule has 1 aliphatic carbocycles. The van der Waals surface area contributed by atoms with Crippen LogP contribution in [0.1, 0.15) is 54.3 Å². The standard InChI is InChI=1S/C20H20ClN3O2/c21-16-6-7-18-15(10-16)11-19(26-18)20(25)23-22-12-14-8-9-24(13-14)17-4-2-1-3-5-17/h6-13,17H,1-5H2,(H,23,25)/b22-12-. The van der Waals surface area contributed by atoms with Gasteiger partial charge in [-0.3, -0.25) is 4.79 Å². The van der Waals surface area contributed by atoms with Crippen LogP contribution in [0.3, 0.4) is 0 Å². The lowest BCUT2D eigenvalue weighted by molar-refractivity contribution is 0.0929. The van der Waals surface area contributed by atoms with Crippen LogP contribution in [0, 0.1) is 0 Å². The van der Waals surface area contributed by atoms with E-state index in [1.807, 2.05) is 6.07 Å². The van der Waals surface area contributed by atoms with E-state index in [-0.39, 0.29) is 11.7 Å². The van der Waals surface area contributed by atoms with Gasteiger partial charge in [0.25, 0.3) is 0 Å². The Morgan fingerprint density at radius 1 is 1.23 bits per heavy atom. The predicted molar refractivity (Wildman–Crippen MR) is 103 cm³/mol. The van der Waals surface area contributed by atoms with Gasteiger partial charge >= 0.3 is 5.91 Å². The summed E-state index contributed by atoms with van der Waals surface area (Å²) in [6, 6.07) is 9.48. The summed E-state index contributed by atoms with van der Waals surface area (Å²) >= 11 is 5.95. The number of hydrogen-bond donors (Lipinski definition) is 1. The van der Waals surface area contributed by atoms with E-state index in [1.165, 1.54) is 32.1 Å². The number of nitrogens with one attached hydrogen (secondary N) is 1. The van der Waals surface area contributed by atoms with Crippen molar-refractivity contribution in [3.63, 3.8) is 0 Å². The van der Waals surface area contributed by atoms with Crippen LogP contribution in [0.2, 0.25) is 5.02 Å². The summed E-state index contributed by atoms with van der Waals surface area (Å²) in [6.07, 6.45) is 12.2. The maximum Gasteiger partial charge on any atom is 0.307 e. The van der Waals surface area contributed by atoms with Crippen molar-refractivity contribution in [3.8, 4) is 0 Å². The van der Waals surface area contributed by atoms with E-state index in [0.717, 1.165) is 10.9 Å². The fraction of sp³-hybridized carbons (Fsp3) is 0.300. The van der Waals surface area contributed by atoms with Crippen molar-refractivity contribution in [1.29, 1.82) is 0 Å². The topological polar surface area (TPSA) is 59.5 Å². The van der Waals surface area contributed by atoms with Gasteiger partial charge in [-0.2, -0.15) is 5.10 Å². The lowest BCUT2D eigenvalue weighted by Gasteiger charge is -2.23. The number of nitrogens with zero attached hydrogens (tertiary/aromatic N) is 2. The third kappa shape index (κ3) is 3.68. The zero-order valence-electron chi connectivity index (χ0n) is 14.3. The number of benzene rings is 1. The first-order valence-electron chi connectivity index (χ1n) is 8.89. The molecule has 1 aliphatic rings. The van der Waals surface area contributed by atoms with Crippen molar-refractivity contribution in [2.45, 2.75) is 38.1 Å². The highest BCUT2D eigenvalue weighted by Gasteiger charge is 2.15.